The maximum atomic E-state index is 16.9. The molecule has 0 saturated carbocycles. The Labute approximate surface area is 337 Å². The molecule has 5 rings (SSSR count). The molecule has 2 aromatic rings. The molecule has 0 bridgehead atoms. The minimum absolute atomic E-state index is 0.0101. The molecule has 3 aliphatic heterocycles. The van der Waals surface area contributed by atoms with Crippen molar-refractivity contribution < 1.29 is 52.4 Å². The summed E-state index contributed by atoms with van der Waals surface area (Å²) in [4.78, 5) is 71.1. The first-order valence-electron chi connectivity index (χ1n) is 19.6. The van der Waals surface area contributed by atoms with Gasteiger partial charge in [-0.05, 0) is 61.1 Å². The number of nitrogens with zero attached hydrogens (tertiary/aromatic N) is 5. The first-order chi connectivity index (χ1) is 26.6. The molecule has 0 aromatic carbocycles. The Morgan fingerprint density at radius 3 is 2.40 bits per heavy atom. The summed E-state index contributed by atoms with van der Waals surface area (Å²) >= 11 is 1.28. The van der Waals surface area contributed by atoms with Crippen LogP contribution in [0.4, 0.5) is 10.2 Å². The van der Waals surface area contributed by atoms with Gasteiger partial charge in [0.05, 0.1) is 24.1 Å². The van der Waals surface area contributed by atoms with Crippen LogP contribution in [-0.4, -0.2) is 139 Å². The summed E-state index contributed by atoms with van der Waals surface area (Å²) < 4.78 is 49.2. The summed E-state index contributed by atoms with van der Waals surface area (Å²) in [6.45, 7) is 12.9. The predicted molar refractivity (Wildman–Crippen MR) is 208 cm³/mol. The van der Waals surface area contributed by atoms with E-state index in [2.05, 4.69) is 15.0 Å². The smallest absolute Gasteiger partial charge is 0.351 e. The highest BCUT2D eigenvalue weighted by Gasteiger charge is 2.62. The minimum atomic E-state index is -3.19. The zero-order valence-electron chi connectivity index (χ0n) is 34.8. The van der Waals surface area contributed by atoms with Crippen LogP contribution in [0.1, 0.15) is 74.7 Å². The van der Waals surface area contributed by atoms with Crippen molar-refractivity contribution >= 4 is 52.2 Å². The standard InChI is InChI=1S/C39H59FN6O10S/c1-12-24-39(8)25(29(34(50)56-39)57-14-13-46-18-44-26-32(41)42-17-43-33(26)46)21(4)27(47)19(2)16-37(6,52-11)31(22(5)30(49)38(7,40)36(51)54-24)55-35-28(48)23(45(9)10)15-20(3)53-35/h17-25,28-29,31,35,48H,12-16H2,1-11H3,(H2,41,42,43)/t19-,20-,21-,22+,23+,24-,25-,28-,29?,31-,35+,37-,38+,39-/m1/s1. The van der Waals surface area contributed by atoms with E-state index in [9.17, 15) is 24.3 Å². The van der Waals surface area contributed by atoms with E-state index in [-0.39, 0.29) is 36.6 Å². The number of aliphatic hydroxyl groups excluding tert-OH is 1. The van der Waals surface area contributed by atoms with Gasteiger partial charge in [0.1, 0.15) is 35.1 Å². The lowest BCUT2D eigenvalue weighted by Crippen LogP contribution is -2.61. The number of thioether (sulfide) groups is 1. The van der Waals surface area contributed by atoms with Crippen LogP contribution in [-0.2, 0) is 49.4 Å². The summed E-state index contributed by atoms with van der Waals surface area (Å²) in [7, 11) is 5.03. The molecule has 0 aliphatic carbocycles. The number of esters is 2. The number of aryl methyl sites for hydroxylation is 1. The number of hydrogen-bond donors (Lipinski definition) is 2. The lowest BCUT2D eigenvalue weighted by atomic mass is 9.70. The second-order valence-electron chi connectivity index (χ2n) is 16.7. The normalized spacial score (nSPS) is 39.9. The fraction of sp³-hybridized carbons (Fsp3) is 0.769. The van der Waals surface area contributed by atoms with Crippen LogP contribution < -0.4 is 5.73 Å². The van der Waals surface area contributed by atoms with Crippen LogP contribution in [0, 0.1) is 23.7 Å². The number of ether oxygens (including phenoxy) is 5. The highest BCUT2D eigenvalue weighted by atomic mass is 32.2. The Kier molecular flexibility index (Phi) is 13.5. The van der Waals surface area contributed by atoms with Gasteiger partial charge in [-0.15, -0.1) is 11.8 Å². The third kappa shape index (κ3) is 8.44. The van der Waals surface area contributed by atoms with Crippen molar-refractivity contribution in [3.05, 3.63) is 12.7 Å². The van der Waals surface area contributed by atoms with Gasteiger partial charge in [-0.3, -0.25) is 14.4 Å². The van der Waals surface area contributed by atoms with Crippen LogP contribution >= 0.6 is 11.8 Å². The molecule has 2 aromatic heterocycles. The minimum Gasteiger partial charge on any atom is -0.455 e. The number of Topliss-reactive ketones (excluding diaryl/α,β-unsaturated/α-hetero) is 2. The number of carbonyl (C=O) groups is 4. The van der Waals surface area contributed by atoms with E-state index in [0.29, 0.717) is 29.9 Å². The second kappa shape index (κ2) is 17.1. The van der Waals surface area contributed by atoms with Gasteiger partial charge >= 0.3 is 11.9 Å². The lowest BCUT2D eigenvalue weighted by molar-refractivity contribution is -0.295. The molecule has 5 heterocycles. The van der Waals surface area contributed by atoms with Crippen molar-refractivity contribution in [1.29, 1.82) is 0 Å². The second-order valence-corrected chi connectivity index (χ2v) is 17.9. The summed E-state index contributed by atoms with van der Waals surface area (Å²) in [5, 5.41) is 10.5. The number of carbonyl (C=O) groups excluding carboxylic acids is 4. The number of fused-ring (bicyclic) bond motifs is 2. The van der Waals surface area contributed by atoms with E-state index in [1.807, 2.05) is 25.9 Å². The average molecular weight is 823 g/mol. The third-order valence-electron chi connectivity index (χ3n) is 12.4. The number of cyclic esters (lactones) is 1. The third-order valence-corrected chi connectivity index (χ3v) is 13.6. The molecule has 0 spiro atoms. The van der Waals surface area contributed by atoms with E-state index < -0.39 is 88.1 Å². The summed E-state index contributed by atoms with van der Waals surface area (Å²) in [5.41, 5.74) is 0.713. The molecular weight excluding hydrogens is 764 g/mol. The van der Waals surface area contributed by atoms with Crippen molar-refractivity contribution in [3.8, 4) is 0 Å². The molecule has 14 atom stereocenters. The van der Waals surface area contributed by atoms with Crippen LogP contribution in [0.2, 0.25) is 0 Å². The van der Waals surface area contributed by atoms with Crippen LogP contribution in [0.3, 0.4) is 0 Å². The molecule has 3 saturated heterocycles. The van der Waals surface area contributed by atoms with Gasteiger partial charge in [0.15, 0.2) is 29.1 Å². The molecule has 318 valence electrons. The Bertz CT molecular complexity index is 1820. The highest BCUT2D eigenvalue weighted by molar-refractivity contribution is 8.00. The molecule has 1 unspecified atom stereocenters. The van der Waals surface area contributed by atoms with E-state index >= 15 is 4.39 Å². The first kappa shape index (κ1) is 44.8. The Hall–Kier alpha value is -3.29. The van der Waals surface area contributed by atoms with Gasteiger partial charge in [0.2, 0.25) is 0 Å². The largest absolute Gasteiger partial charge is 0.455 e. The average Bonchev–Trinajstić information content (AvgIpc) is 3.69. The van der Waals surface area contributed by atoms with Crippen LogP contribution in [0.25, 0.3) is 11.2 Å². The van der Waals surface area contributed by atoms with Crippen molar-refractivity contribution in [2.45, 2.75) is 140 Å². The first-order valence-corrected chi connectivity index (χ1v) is 20.6. The Morgan fingerprint density at radius 1 is 1.09 bits per heavy atom. The highest BCUT2D eigenvalue weighted by Crippen LogP contribution is 2.49. The number of nitrogen functional groups attached to an aromatic ring is 1. The van der Waals surface area contributed by atoms with Gasteiger partial charge < -0.3 is 44.0 Å². The van der Waals surface area contributed by atoms with Crippen molar-refractivity contribution in [2.24, 2.45) is 23.7 Å². The van der Waals surface area contributed by atoms with Gasteiger partial charge in [-0.25, -0.2) is 24.1 Å². The van der Waals surface area contributed by atoms with E-state index in [1.165, 1.54) is 32.1 Å². The number of halogens is 1. The molecule has 16 nitrogen and oxygen atoms in total. The van der Waals surface area contributed by atoms with Crippen molar-refractivity contribution in [1.82, 2.24) is 24.4 Å². The summed E-state index contributed by atoms with van der Waals surface area (Å²) in [6, 6.07) is -0.366. The molecule has 3 fully saturated rings. The fourth-order valence-electron chi connectivity index (χ4n) is 9.09. The molecule has 0 amide bonds. The maximum absolute atomic E-state index is 16.9. The molecular formula is C39H59FN6O10S. The van der Waals surface area contributed by atoms with Crippen molar-refractivity contribution in [2.75, 3.05) is 32.7 Å². The number of rotatable bonds is 9. The molecule has 0 radical (unpaired) electrons. The van der Waals surface area contributed by atoms with Gasteiger partial charge in [-0.2, -0.15) is 0 Å². The number of hydrogen-bond acceptors (Lipinski definition) is 16. The molecule has 3 N–H and O–H groups in total. The monoisotopic (exact) mass is 822 g/mol. The number of methoxy groups -OCH3 is 1. The SMILES string of the molecule is CC[C@H]1OC(=O)[C@@](C)(F)C(=O)[C@H](C)[C@@H](O[C@@H]2O[C@H](C)C[C@H](N(C)C)[C@H]2O)[C@](C)(OC)C[C@@H](C)C(=O)[C@H](C)[C@@H]2C(SCCn3cnc4c(N)ncnc43)C(=O)O[C@]12C. The Balaban J connectivity index is 1.52. The van der Waals surface area contributed by atoms with Crippen LogP contribution in [0.5, 0.6) is 0 Å². The maximum Gasteiger partial charge on any atom is 0.351 e. The molecule has 18 heteroatoms. The predicted octanol–water partition coefficient (Wildman–Crippen LogP) is 3.16. The van der Waals surface area contributed by atoms with Crippen LogP contribution in [0.15, 0.2) is 12.7 Å². The quantitative estimate of drug-likeness (QED) is 0.275. The molecule has 57 heavy (non-hydrogen) atoms. The number of anilines is 1. The topological polar surface area (TPSA) is 208 Å². The van der Waals surface area contributed by atoms with E-state index in [1.54, 1.807) is 45.5 Å². The number of likely N-dealkylation sites (N-methyl/N-ethyl adjacent to an activating group) is 1. The van der Waals surface area contributed by atoms with E-state index in [0.717, 1.165) is 6.92 Å². The summed E-state index contributed by atoms with van der Waals surface area (Å²) in [5.74, 6) is -6.66. The zero-order chi connectivity index (χ0) is 42.4. The fourth-order valence-corrected chi connectivity index (χ4v) is 10.5. The van der Waals surface area contributed by atoms with Gasteiger partial charge in [0.25, 0.3) is 5.67 Å². The lowest BCUT2D eigenvalue weighted by Gasteiger charge is -2.47. The number of imidazole rings is 1. The Morgan fingerprint density at radius 2 is 1.77 bits per heavy atom. The number of nitrogens with two attached hydrogens (primary N) is 1. The van der Waals surface area contributed by atoms with Gasteiger partial charge in [-0.1, -0.05) is 27.7 Å². The number of ketones is 2. The van der Waals surface area contributed by atoms with E-state index in [4.69, 9.17) is 29.4 Å². The summed E-state index contributed by atoms with van der Waals surface area (Å²) in [6.07, 6.45) is -1.81. The van der Waals surface area contributed by atoms with Crippen molar-refractivity contribution in [3.63, 3.8) is 0 Å². The number of alkyl halides is 1. The zero-order valence-corrected chi connectivity index (χ0v) is 35.6. The number of aromatic nitrogens is 4. The van der Waals surface area contributed by atoms with Gasteiger partial charge in [0, 0.05) is 49.1 Å². The number of aliphatic hydroxyl groups is 1. The molecule has 3 aliphatic rings.